The molecule has 0 aromatic carbocycles. The molecule has 0 saturated carbocycles. The van der Waals surface area contributed by atoms with Crippen LogP contribution >= 0.6 is 0 Å². The molecule has 0 fully saturated rings. The summed E-state index contributed by atoms with van der Waals surface area (Å²) in [5.41, 5.74) is -0.699. The van der Waals surface area contributed by atoms with E-state index in [0.29, 0.717) is 11.4 Å². The number of aryl methyl sites for hydroxylation is 1. The van der Waals surface area contributed by atoms with Gasteiger partial charge < -0.3 is 9.72 Å². The second kappa shape index (κ2) is 4.88. The molecule has 1 aromatic rings. The Hall–Kier alpha value is -2.10. The highest BCUT2D eigenvalue weighted by molar-refractivity contribution is 6.08. The van der Waals surface area contributed by atoms with Gasteiger partial charge in [-0.15, -0.1) is 0 Å². The molecule has 2 rings (SSSR count). The van der Waals surface area contributed by atoms with Gasteiger partial charge in [-0.3, -0.25) is 9.59 Å². The Morgan fingerprint density at radius 2 is 2.11 bits per heavy atom. The SMILES string of the molecule is CC/C=C/C=C/[C@@]1(C)Oc2cc(C)[nH]c(=O)c2C1=O. The van der Waals surface area contributed by atoms with Crippen molar-refractivity contribution in [2.75, 3.05) is 0 Å². The Morgan fingerprint density at radius 3 is 2.79 bits per heavy atom. The highest BCUT2D eigenvalue weighted by atomic mass is 16.5. The third-order valence-corrected chi connectivity index (χ3v) is 3.03. The summed E-state index contributed by atoms with van der Waals surface area (Å²) in [7, 11) is 0. The standard InChI is InChI=1S/C15H17NO3/c1-4-5-6-7-8-15(3)13(17)12-11(19-15)9-10(2)16-14(12)18/h5-9H,4H2,1-3H3,(H,16,18)/b6-5+,8-7+/t15-/m1/s1. The molecule has 4 heteroatoms. The average molecular weight is 259 g/mol. The molecule has 0 unspecified atom stereocenters. The molecule has 2 heterocycles. The van der Waals surface area contributed by atoms with Gasteiger partial charge in [-0.2, -0.15) is 0 Å². The summed E-state index contributed by atoms with van der Waals surface area (Å²) in [4.78, 5) is 26.7. The normalized spacial score (nSPS) is 22.2. The first-order valence-electron chi connectivity index (χ1n) is 6.30. The Bertz CT molecular complexity index is 625. The maximum Gasteiger partial charge on any atom is 0.263 e. The molecule has 1 atom stereocenters. The van der Waals surface area contributed by atoms with Gasteiger partial charge in [-0.1, -0.05) is 25.2 Å². The number of pyridine rings is 1. The van der Waals surface area contributed by atoms with Crippen LogP contribution in [0.25, 0.3) is 0 Å². The third kappa shape index (κ3) is 2.38. The first kappa shape index (κ1) is 13.3. The summed E-state index contributed by atoms with van der Waals surface area (Å²) in [5, 5.41) is 0. The molecule has 4 nitrogen and oxygen atoms in total. The van der Waals surface area contributed by atoms with Crippen LogP contribution < -0.4 is 10.3 Å². The van der Waals surface area contributed by atoms with Gasteiger partial charge in [-0.05, 0) is 26.3 Å². The lowest BCUT2D eigenvalue weighted by Crippen LogP contribution is -2.35. The smallest absolute Gasteiger partial charge is 0.263 e. The van der Waals surface area contributed by atoms with Crippen LogP contribution in [0.3, 0.4) is 0 Å². The Balaban J connectivity index is 2.37. The van der Waals surface area contributed by atoms with Gasteiger partial charge in [-0.25, -0.2) is 0 Å². The van der Waals surface area contributed by atoms with E-state index in [9.17, 15) is 9.59 Å². The monoisotopic (exact) mass is 259 g/mol. The van der Waals surface area contributed by atoms with Crippen molar-refractivity contribution in [3.63, 3.8) is 0 Å². The molecule has 0 aliphatic carbocycles. The van der Waals surface area contributed by atoms with E-state index in [2.05, 4.69) is 4.98 Å². The lowest BCUT2D eigenvalue weighted by Gasteiger charge is -2.17. The Labute approximate surface area is 111 Å². The molecular formula is C15H17NO3. The lowest BCUT2D eigenvalue weighted by molar-refractivity contribution is 0.0754. The number of rotatable bonds is 3. The number of carbonyl (C=O) groups excluding carboxylic acids is 1. The first-order valence-corrected chi connectivity index (χ1v) is 6.30. The summed E-state index contributed by atoms with van der Waals surface area (Å²) in [5.74, 6) is 0.0581. The third-order valence-electron chi connectivity index (χ3n) is 3.03. The average Bonchev–Trinajstić information content (AvgIpc) is 2.57. The Morgan fingerprint density at radius 1 is 1.37 bits per heavy atom. The van der Waals surface area contributed by atoms with Crippen molar-refractivity contribution in [3.8, 4) is 5.75 Å². The van der Waals surface area contributed by atoms with Crippen molar-refractivity contribution in [3.05, 3.63) is 52.0 Å². The van der Waals surface area contributed by atoms with Gasteiger partial charge in [0.25, 0.3) is 5.56 Å². The quantitative estimate of drug-likeness (QED) is 0.849. The molecule has 1 aliphatic rings. The molecule has 0 bridgehead atoms. The van der Waals surface area contributed by atoms with Crippen LogP contribution in [-0.2, 0) is 0 Å². The van der Waals surface area contributed by atoms with E-state index in [1.807, 2.05) is 19.1 Å². The van der Waals surface area contributed by atoms with Crippen molar-refractivity contribution >= 4 is 5.78 Å². The number of hydrogen-bond donors (Lipinski definition) is 1. The van der Waals surface area contributed by atoms with Gasteiger partial charge in [0.1, 0.15) is 11.3 Å². The zero-order valence-electron chi connectivity index (χ0n) is 11.3. The number of hydrogen-bond acceptors (Lipinski definition) is 3. The number of nitrogens with one attached hydrogen (secondary N) is 1. The predicted octanol–water partition coefficient (Wildman–Crippen LogP) is 2.54. The molecule has 0 amide bonds. The van der Waals surface area contributed by atoms with E-state index in [0.717, 1.165) is 6.42 Å². The summed E-state index contributed by atoms with van der Waals surface area (Å²) in [6, 6.07) is 1.68. The number of allylic oxidation sites excluding steroid dienone is 3. The van der Waals surface area contributed by atoms with Gasteiger partial charge in [0, 0.05) is 11.8 Å². The van der Waals surface area contributed by atoms with Crippen LogP contribution in [0, 0.1) is 6.92 Å². The number of carbonyl (C=O) groups is 1. The number of ketones is 1. The topological polar surface area (TPSA) is 59.2 Å². The molecule has 0 spiro atoms. The van der Waals surface area contributed by atoms with Crippen LogP contribution in [0.1, 0.15) is 36.3 Å². The predicted molar refractivity (Wildman–Crippen MR) is 73.7 cm³/mol. The van der Waals surface area contributed by atoms with Crippen LogP contribution in [0.15, 0.2) is 35.2 Å². The van der Waals surface area contributed by atoms with E-state index in [1.54, 1.807) is 32.1 Å². The number of fused-ring (bicyclic) bond motifs is 1. The van der Waals surface area contributed by atoms with E-state index in [1.165, 1.54) is 0 Å². The van der Waals surface area contributed by atoms with E-state index in [4.69, 9.17) is 4.74 Å². The van der Waals surface area contributed by atoms with Crippen LogP contribution in [0.4, 0.5) is 0 Å². The fraction of sp³-hybridized carbons (Fsp3) is 0.333. The van der Waals surface area contributed by atoms with Crippen LogP contribution in [0.2, 0.25) is 0 Å². The lowest BCUT2D eigenvalue weighted by atomic mass is 9.97. The molecule has 1 N–H and O–H groups in total. The first-order chi connectivity index (χ1) is 8.98. The van der Waals surface area contributed by atoms with Crippen molar-refractivity contribution in [1.82, 2.24) is 4.98 Å². The summed E-state index contributed by atoms with van der Waals surface area (Å²) in [6.07, 6.45) is 8.21. The number of aromatic nitrogens is 1. The molecule has 0 radical (unpaired) electrons. The molecule has 19 heavy (non-hydrogen) atoms. The zero-order chi connectivity index (χ0) is 14.0. The molecule has 1 aliphatic heterocycles. The van der Waals surface area contributed by atoms with E-state index >= 15 is 0 Å². The minimum atomic E-state index is -1.10. The Kier molecular flexibility index (Phi) is 3.42. The zero-order valence-corrected chi connectivity index (χ0v) is 11.3. The summed E-state index contributed by atoms with van der Waals surface area (Å²) < 4.78 is 5.66. The highest BCUT2D eigenvalue weighted by Crippen LogP contribution is 2.33. The second-order valence-electron chi connectivity index (χ2n) is 4.75. The van der Waals surface area contributed by atoms with E-state index in [-0.39, 0.29) is 16.9 Å². The van der Waals surface area contributed by atoms with Gasteiger partial charge in [0.05, 0.1) is 0 Å². The number of H-pyrrole nitrogens is 1. The van der Waals surface area contributed by atoms with E-state index < -0.39 is 5.60 Å². The van der Waals surface area contributed by atoms with Crippen molar-refractivity contribution < 1.29 is 9.53 Å². The maximum atomic E-state index is 12.3. The van der Waals surface area contributed by atoms with Crippen LogP contribution in [-0.4, -0.2) is 16.4 Å². The summed E-state index contributed by atoms with van der Waals surface area (Å²) >= 11 is 0. The minimum Gasteiger partial charge on any atom is -0.474 e. The largest absolute Gasteiger partial charge is 0.474 e. The van der Waals surface area contributed by atoms with Crippen molar-refractivity contribution in [2.45, 2.75) is 32.8 Å². The van der Waals surface area contributed by atoms with Gasteiger partial charge >= 0.3 is 0 Å². The molecule has 0 saturated heterocycles. The fourth-order valence-electron chi connectivity index (χ4n) is 2.04. The number of aromatic amines is 1. The second-order valence-corrected chi connectivity index (χ2v) is 4.75. The maximum absolute atomic E-state index is 12.3. The summed E-state index contributed by atoms with van der Waals surface area (Å²) in [6.45, 7) is 5.45. The minimum absolute atomic E-state index is 0.109. The van der Waals surface area contributed by atoms with Gasteiger partial charge in [0.2, 0.25) is 5.78 Å². The number of ether oxygens (including phenoxy) is 1. The fourth-order valence-corrected chi connectivity index (χ4v) is 2.04. The highest BCUT2D eigenvalue weighted by Gasteiger charge is 2.43. The molecule has 100 valence electrons. The molecular weight excluding hydrogens is 242 g/mol. The van der Waals surface area contributed by atoms with Crippen molar-refractivity contribution in [2.24, 2.45) is 0 Å². The van der Waals surface area contributed by atoms with Gasteiger partial charge in [0.15, 0.2) is 5.60 Å². The number of Topliss-reactive ketones (excluding diaryl/α,β-unsaturated/α-hetero) is 1. The molecule has 1 aromatic heterocycles. The van der Waals surface area contributed by atoms with Crippen molar-refractivity contribution in [1.29, 1.82) is 0 Å². The van der Waals surface area contributed by atoms with Crippen LogP contribution in [0.5, 0.6) is 5.75 Å².